The average Bonchev–Trinajstić information content (AvgIpc) is 3.21. The number of hydrogen-bond acceptors (Lipinski definition) is 5. The van der Waals surface area contributed by atoms with E-state index < -0.39 is 21.7 Å². The molecule has 0 unspecified atom stereocenters. The van der Waals surface area contributed by atoms with E-state index in [0.29, 0.717) is 18.2 Å². The third-order valence-corrected chi connectivity index (χ3v) is 5.83. The van der Waals surface area contributed by atoms with E-state index in [1.54, 1.807) is 12.1 Å². The monoisotopic (exact) mass is 428 g/mol. The molecule has 4 rings (SSSR count). The van der Waals surface area contributed by atoms with E-state index in [-0.39, 0.29) is 21.7 Å². The van der Waals surface area contributed by atoms with E-state index in [4.69, 9.17) is 0 Å². The van der Waals surface area contributed by atoms with Crippen molar-refractivity contribution in [2.24, 2.45) is 4.99 Å². The highest BCUT2D eigenvalue weighted by Crippen LogP contribution is 2.29. The van der Waals surface area contributed by atoms with Crippen molar-refractivity contribution in [2.75, 3.05) is 23.1 Å². The van der Waals surface area contributed by atoms with Crippen molar-refractivity contribution in [1.82, 2.24) is 5.32 Å². The number of rotatable bonds is 5. The first kappa shape index (κ1) is 19.8. The lowest BCUT2D eigenvalue weighted by atomic mass is 10.0. The molecule has 0 spiro atoms. The second-order valence-electron chi connectivity index (χ2n) is 6.59. The molecule has 1 aliphatic rings. The minimum absolute atomic E-state index is 0.0357. The summed E-state index contributed by atoms with van der Waals surface area (Å²) in [6.45, 7) is 1.38. The van der Waals surface area contributed by atoms with Gasteiger partial charge in [-0.2, -0.15) is 0 Å². The molecule has 9 heteroatoms. The Hall–Kier alpha value is -3.46. The summed E-state index contributed by atoms with van der Waals surface area (Å²) in [7, 11) is -3.93. The molecule has 1 heterocycles. The fraction of sp³-hybridized carbons (Fsp3) is 0.0952. The number of nitrogens with zero attached hydrogens (tertiary/aromatic N) is 1. The van der Waals surface area contributed by atoms with Gasteiger partial charge in [0.05, 0.1) is 17.0 Å². The van der Waals surface area contributed by atoms with Crippen LogP contribution in [0.4, 0.5) is 20.2 Å². The first-order valence-corrected chi connectivity index (χ1v) is 10.6. The molecule has 1 aliphatic heterocycles. The zero-order chi connectivity index (χ0) is 21.1. The van der Waals surface area contributed by atoms with Crippen molar-refractivity contribution < 1.29 is 17.2 Å². The lowest BCUT2D eigenvalue weighted by molar-refractivity contribution is 0.589. The van der Waals surface area contributed by atoms with Crippen LogP contribution in [0, 0.1) is 11.6 Å². The van der Waals surface area contributed by atoms with Gasteiger partial charge < -0.3 is 10.6 Å². The predicted octanol–water partition coefficient (Wildman–Crippen LogP) is 3.80. The van der Waals surface area contributed by atoms with Gasteiger partial charge in [-0.05, 0) is 48.0 Å². The normalized spacial score (nSPS) is 13.5. The second kappa shape index (κ2) is 8.11. The van der Waals surface area contributed by atoms with Crippen molar-refractivity contribution in [3.8, 4) is 11.1 Å². The Morgan fingerprint density at radius 1 is 0.900 bits per heavy atom. The lowest BCUT2D eigenvalue weighted by Crippen LogP contribution is -2.26. The van der Waals surface area contributed by atoms with Gasteiger partial charge in [-0.25, -0.2) is 17.2 Å². The number of benzene rings is 3. The van der Waals surface area contributed by atoms with Crippen molar-refractivity contribution in [1.29, 1.82) is 0 Å². The van der Waals surface area contributed by atoms with Gasteiger partial charge in [0.2, 0.25) is 0 Å². The fourth-order valence-electron chi connectivity index (χ4n) is 3.09. The zero-order valence-electron chi connectivity index (χ0n) is 15.7. The molecule has 0 bridgehead atoms. The SMILES string of the molecule is O=S(=O)(Nc1cccc(-c2c(F)cccc2F)c1)c1cccc(NC2=NCCN2)c1. The largest absolute Gasteiger partial charge is 0.354 e. The maximum Gasteiger partial charge on any atom is 0.261 e. The molecule has 0 saturated heterocycles. The molecule has 30 heavy (non-hydrogen) atoms. The molecule has 3 aromatic rings. The Morgan fingerprint density at radius 2 is 1.60 bits per heavy atom. The molecule has 0 aromatic heterocycles. The summed E-state index contributed by atoms with van der Waals surface area (Å²) in [4.78, 5) is 4.25. The quantitative estimate of drug-likeness (QED) is 0.577. The number of nitrogens with one attached hydrogen (secondary N) is 3. The van der Waals surface area contributed by atoms with Crippen molar-refractivity contribution in [2.45, 2.75) is 4.90 Å². The fourth-order valence-corrected chi connectivity index (χ4v) is 4.18. The van der Waals surface area contributed by atoms with E-state index in [2.05, 4.69) is 20.3 Å². The molecule has 0 amide bonds. The van der Waals surface area contributed by atoms with Crippen LogP contribution in [-0.4, -0.2) is 27.5 Å². The van der Waals surface area contributed by atoms with E-state index >= 15 is 0 Å². The Bertz CT molecular complexity index is 1210. The minimum Gasteiger partial charge on any atom is -0.354 e. The standard InChI is InChI=1S/C21H18F2N4O2S/c22-18-8-3-9-19(23)20(18)14-4-1-6-16(12-14)27-30(28,29)17-7-2-5-15(13-17)26-21-24-10-11-25-21/h1-9,12-13,27H,10-11H2,(H2,24,25,26). The van der Waals surface area contributed by atoms with Gasteiger partial charge in [0, 0.05) is 17.9 Å². The van der Waals surface area contributed by atoms with Crippen LogP contribution in [0.3, 0.4) is 0 Å². The summed E-state index contributed by atoms with van der Waals surface area (Å²) in [5.41, 5.74) is 0.768. The summed E-state index contributed by atoms with van der Waals surface area (Å²) in [5, 5.41) is 6.07. The van der Waals surface area contributed by atoms with Crippen LogP contribution in [0.15, 0.2) is 76.6 Å². The van der Waals surface area contributed by atoms with Crippen LogP contribution in [0.1, 0.15) is 0 Å². The molecule has 0 atom stereocenters. The molecular formula is C21H18F2N4O2S. The van der Waals surface area contributed by atoms with Crippen molar-refractivity contribution in [3.05, 3.63) is 78.4 Å². The molecule has 6 nitrogen and oxygen atoms in total. The number of aliphatic imine (C=N–C) groups is 1. The summed E-state index contributed by atoms with van der Waals surface area (Å²) in [6, 6.07) is 15.8. The molecule has 3 aromatic carbocycles. The summed E-state index contributed by atoms with van der Waals surface area (Å²) in [6.07, 6.45) is 0. The maximum absolute atomic E-state index is 14.1. The van der Waals surface area contributed by atoms with E-state index in [0.717, 1.165) is 18.7 Å². The van der Waals surface area contributed by atoms with E-state index in [1.165, 1.54) is 42.5 Å². The number of sulfonamides is 1. The Morgan fingerprint density at radius 3 is 2.33 bits per heavy atom. The topological polar surface area (TPSA) is 82.6 Å². The zero-order valence-corrected chi connectivity index (χ0v) is 16.5. The smallest absolute Gasteiger partial charge is 0.261 e. The third-order valence-electron chi connectivity index (χ3n) is 4.45. The summed E-state index contributed by atoms with van der Waals surface area (Å²) >= 11 is 0. The van der Waals surface area contributed by atoms with Crippen molar-refractivity contribution >= 4 is 27.4 Å². The number of hydrogen-bond donors (Lipinski definition) is 3. The average molecular weight is 428 g/mol. The number of anilines is 2. The van der Waals surface area contributed by atoms with Crippen LogP contribution >= 0.6 is 0 Å². The lowest BCUT2D eigenvalue weighted by Gasteiger charge is -2.12. The molecule has 0 saturated carbocycles. The second-order valence-corrected chi connectivity index (χ2v) is 8.28. The Kier molecular flexibility index (Phi) is 5.37. The van der Waals surface area contributed by atoms with Gasteiger partial charge in [-0.1, -0.05) is 24.3 Å². The number of halogens is 2. The highest BCUT2D eigenvalue weighted by atomic mass is 32.2. The Balaban J connectivity index is 1.60. The van der Waals surface area contributed by atoms with Gasteiger partial charge in [0.15, 0.2) is 5.96 Å². The molecule has 0 aliphatic carbocycles. The number of guanidine groups is 1. The van der Waals surface area contributed by atoms with Crippen LogP contribution < -0.4 is 15.4 Å². The highest BCUT2D eigenvalue weighted by molar-refractivity contribution is 7.92. The minimum atomic E-state index is -3.93. The van der Waals surface area contributed by atoms with Gasteiger partial charge in [-0.3, -0.25) is 9.71 Å². The van der Waals surface area contributed by atoms with Gasteiger partial charge in [0.1, 0.15) is 11.6 Å². The summed E-state index contributed by atoms with van der Waals surface area (Å²) < 4.78 is 56.3. The van der Waals surface area contributed by atoms with E-state index in [1.807, 2.05) is 0 Å². The summed E-state index contributed by atoms with van der Waals surface area (Å²) in [5.74, 6) is -0.869. The van der Waals surface area contributed by atoms with Crippen LogP contribution in [0.25, 0.3) is 11.1 Å². The van der Waals surface area contributed by atoms with Gasteiger partial charge in [-0.15, -0.1) is 0 Å². The highest BCUT2D eigenvalue weighted by Gasteiger charge is 2.17. The van der Waals surface area contributed by atoms with Crippen LogP contribution in [0.2, 0.25) is 0 Å². The van der Waals surface area contributed by atoms with Crippen molar-refractivity contribution in [3.63, 3.8) is 0 Å². The maximum atomic E-state index is 14.1. The third kappa shape index (κ3) is 4.25. The molecular weight excluding hydrogens is 410 g/mol. The molecule has 3 N–H and O–H groups in total. The van der Waals surface area contributed by atoms with Gasteiger partial charge >= 0.3 is 0 Å². The Labute approximate surface area is 172 Å². The van der Waals surface area contributed by atoms with Gasteiger partial charge in [0.25, 0.3) is 10.0 Å². The molecule has 154 valence electrons. The molecule has 0 fully saturated rings. The predicted molar refractivity (Wildman–Crippen MR) is 113 cm³/mol. The van der Waals surface area contributed by atoms with Crippen LogP contribution in [-0.2, 0) is 10.0 Å². The first-order valence-electron chi connectivity index (χ1n) is 9.15. The molecule has 0 radical (unpaired) electrons. The van der Waals surface area contributed by atoms with E-state index in [9.17, 15) is 17.2 Å². The first-order chi connectivity index (χ1) is 14.4. The van der Waals surface area contributed by atoms with Crippen LogP contribution in [0.5, 0.6) is 0 Å².